The maximum Gasteiger partial charge on any atom is 0.335 e. The summed E-state index contributed by atoms with van der Waals surface area (Å²) in [5.41, 5.74) is -0.192. The Balaban J connectivity index is 1.36. The summed E-state index contributed by atoms with van der Waals surface area (Å²) in [6.07, 6.45) is 2.28. The monoisotopic (exact) mass is 451 g/mol. The standard InChI is InChI=1S/C21H20ClF2N3O4/c22-13-10-16(24)19(25-11-13)26-6-3-14(4-7-26)27-8-5-18(20(27)28)31-17-2-1-12(21(29)30)9-15(17)23/h1-2,9-11,14,18H,3-8H2,(H,29,30)/t18-/m0/s1. The molecule has 1 aromatic heterocycles. The van der Waals surface area contributed by atoms with E-state index < -0.39 is 23.7 Å². The summed E-state index contributed by atoms with van der Waals surface area (Å²) >= 11 is 5.76. The normalized spacial score (nSPS) is 19.7. The van der Waals surface area contributed by atoms with Gasteiger partial charge >= 0.3 is 5.97 Å². The van der Waals surface area contributed by atoms with Crippen LogP contribution in [0.5, 0.6) is 5.75 Å². The molecule has 0 saturated carbocycles. The van der Waals surface area contributed by atoms with Crippen molar-refractivity contribution >= 4 is 29.3 Å². The van der Waals surface area contributed by atoms with Crippen LogP contribution in [0.3, 0.4) is 0 Å². The molecule has 0 spiro atoms. The first-order valence-electron chi connectivity index (χ1n) is 9.89. The van der Waals surface area contributed by atoms with E-state index in [2.05, 4.69) is 4.98 Å². The molecule has 31 heavy (non-hydrogen) atoms. The van der Waals surface area contributed by atoms with Gasteiger partial charge in [-0.15, -0.1) is 0 Å². The van der Waals surface area contributed by atoms with Crippen molar-refractivity contribution in [3.63, 3.8) is 0 Å². The highest BCUT2D eigenvalue weighted by molar-refractivity contribution is 6.30. The molecule has 0 radical (unpaired) electrons. The van der Waals surface area contributed by atoms with Crippen LogP contribution in [0.4, 0.5) is 14.6 Å². The van der Waals surface area contributed by atoms with Crippen molar-refractivity contribution in [1.82, 2.24) is 9.88 Å². The zero-order valence-electron chi connectivity index (χ0n) is 16.4. The number of hydrogen-bond donors (Lipinski definition) is 1. The number of rotatable bonds is 5. The smallest absolute Gasteiger partial charge is 0.335 e. The minimum absolute atomic E-state index is 0.0213. The quantitative estimate of drug-likeness (QED) is 0.750. The predicted octanol–water partition coefficient (Wildman–Crippen LogP) is 3.36. The lowest BCUT2D eigenvalue weighted by atomic mass is 10.0. The van der Waals surface area contributed by atoms with Crippen LogP contribution in [0.15, 0.2) is 30.5 Å². The van der Waals surface area contributed by atoms with E-state index in [-0.39, 0.29) is 34.1 Å². The van der Waals surface area contributed by atoms with Crippen LogP contribution in [-0.4, -0.2) is 58.6 Å². The van der Waals surface area contributed by atoms with Crippen LogP contribution >= 0.6 is 11.6 Å². The van der Waals surface area contributed by atoms with Crippen molar-refractivity contribution in [2.45, 2.75) is 31.4 Å². The average molecular weight is 452 g/mol. The first kappa shape index (κ1) is 21.3. The zero-order valence-corrected chi connectivity index (χ0v) is 17.2. The van der Waals surface area contributed by atoms with Crippen molar-refractivity contribution in [3.8, 4) is 5.75 Å². The Labute approximate surface area is 182 Å². The Hall–Kier alpha value is -2.94. The molecule has 0 unspecified atom stereocenters. The highest BCUT2D eigenvalue weighted by atomic mass is 35.5. The number of likely N-dealkylation sites (tertiary alicyclic amines) is 1. The van der Waals surface area contributed by atoms with E-state index >= 15 is 0 Å². The predicted molar refractivity (Wildman–Crippen MR) is 109 cm³/mol. The maximum absolute atomic E-state index is 14.1. The van der Waals surface area contributed by atoms with Gasteiger partial charge < -0.3 is 19.6 Å². The number of aromatic nitrogens is 1. The van der Waals surface area contributed by atoms with Crippen LogP contribution in [0, 0.1) is 11.6 Å². The minimum Gasteiger partial charge on any atom is -0.478 e. The first-order valence-corrected chi connectivity index (χ1v) is 10.3. The Morgan fingerprint density at radius 1 is 1.13 bits per heavy atom. The first-order chi connectivity index (χ1) is 14.8. The molecule has 164 valence electrons. The van der Waals surface area contributed by atoms with Crippen molar-refractivity contribution in [3.05, 3.63) is 52.7 Å². The molecule has 2 fully saturated rings. The van der Waals surface area contributed by atoms with Gasteiger partial charge in [-0.05, 0) is 37.1 Å². The molecular formula is C21H20ClF2N3O4. The van der Waals surface area contributed by atoms with Gasteiger partial charge in [-0.25, -0.2) is 18.6 Å². The third-order valence-corrected chi connectivity index (χ3v) is 5.84. The summed E-state index contributed by atoms with van der Waals surface area (Å²) in [6, 6.07) is 4.53. The number of ether oxygens (including phenoxy) is 1. The van der Waals surface area contributed by atoms with Gasteiger partial charge in [0.15, 0.2) is 29.3 Å². The summed E-state index contributed by atoms with van der Waals surface area (Å²) in [5.74, 6) is -2.67. The fraction of sp³-hybridized carbons (Fsp3) is 0.381. The molecule has 2 aliphatic rings. The molecule has 10 heteroatoms. The van der Waals surface area contributed by atoms with Gasteiger partial charge in [0.2, 0.25) is 0 Å². The number of halogens is 3. The van der Waals surface area contributed by atoms with E-state index in [4.69, 9.17) is 21.4 Å². The van der Waals surface area contributed by atoms with Crippen LogP contribution in [0.1, 0.15) is 29.6 Å². The fourth-order valence-corrected chi connectivity index (χ4v) is 4.20. The molecule has 0 bridgehead atoms. The molecule has 0 aliphatic carbocycles. The highest BCUT2D eigenvalue weighted by Crippen LogP contribution is 2.29. The molecule has 1 amide bonds. The number of amides is 1. The fourth-order valence-electron chi connectivity index (χ4n) is 4.06. The van der Waals surface area contributed by atoms with Crippen LogP contribution in [0.25, 0.3) is 0 Å². The van der Waals surface area contributed by atoms with Crippen LogP contribution in [0.2, 0.25) is 5.02 Å². The molecule has 7 nitrogen and oxygen atoms in total. The SMILES string of the molecule is O=C(O)c1ccc(O[C@H]2CCN(C3CCN(c4ncc(Cl)cc4F)CC3)C2=O)c(F)c1. The molecular weight excluding hydrogens is 432 g/mol. The van der Waals surface area contributed by atoms with Gasteiger partial charge in [0.05, 0.1) is 10.6 Å². The Morgan fingerprint density at radius 2 is 1.87 bits per heavy atom. The van der Waals surface area contributed by atoms with Gasteiger partial charge in [0, 0.05) is 38.3 Å². The molecule has 1 atom stereocenters. The lowest BCUT2D eigenvalue weighted by Crippen LogP contribution is -2.47. The number of carbonyl (C=O) groups excluding carboxylic acids is 1. The minimum atomic E-state index is -1.24. The lowest BCUT2D eigenvalue weighted by molar-refractivity contribution is -0.135. The van der Waals surface area contributed by atoms with E-state index in [1.807, 2.05) is 4.90 Å². The highest BCUT2D eigenvalue weighted by Gasteiger charge is 2.39. The van der Waals surface area contributed by atoms with E-state index in [1.54, 1.807) is 4.90 Å². The van der Waals surface area contributed by atoms with Gasteiger partial charge in [-0.1, -0.05) is 11.6 Å². The van der Waals surface area contributed by atoms with Crippen LogP contribution in [-0.2, 0) is 4.79 Å². The summed E-state index contributed by atoms with van der Waals surface area (Å²) in [7, 11) is 0. The Morgan fingerprint density at radius 3 is 2.52 bits per heavy atom. The van der Waals surface area contributed by atoms with E-state index in [1.165, 1.54) is 24.4 Å². The number of carboxylic acid groups (broad SMARTS) is 1. The van der Waals surface area contributed by atoms with Crippen molar-refractivity contribution in [2.75, 3.05) is 24.5 Å². The van der Waals surface area contributed by atoms with Crippen LogP contribution < -0.4 is 9.64 Å². The van der Waals surface area contributed by atoms with Crippen molar-refractivity contribution in [2.24, 2.45) is 0 Å². The number of benzene rings is 1. The number of pyridine rings is 1. The molecule has 2 aliphatic heterocycles. The second-order valence-electron chi connectivity index (χ2n) is 7.55. The summed E-state index contributed by atoms with van der Waals surface area (Å²) in [5, 5.41) is 9.16. The summed E-state index contributed by atoms with van der Waals surface area (Å²) in [4.78, 5) is 31.4. The molecule has 2 saturated heterocycles. The number of aromatic carboxylic acids is 1. The molecule has 1 N–H and O–H groups in total. The second-order valence-corrected chi connectivity index (χ2v) is 7.99. The third-order valence-electron chi connectivity index (χ3n) is 5.63. The van der Waals surface area contributed by atoms with E-state index in [0.29, 0.717) is 38.9 Å². The largest absolute Gasteiger partial charge is 0.478 e. The van der Waals surface area contributed by atoms with E-state index in [0.717, 1.165) is 6.07 Å². The molecule has 1 aromatic carbocycles. The topological polar surface area (TPSA) is 83.0 Å². The molecule has 4 rings (SSSR count). The zero-order chi connectivity index (χ0) is 22.1. The number of nitrogens with zero attached hydrogens (tertiary/aromatic N) is 3. The second kappa shape index (κ2) is 8.66. The Bertz CT molecular complexity index is 1010. The number of carboxylic acids is 1. The van der Waals surface area contributed by atoms with E-state index in [9.17, 15) is 18.4 Å². The third kappa shape index (κ3) is 4.41. The van der Waals surface area contributed by atoms with Gasteiger partial charge in [0.1, 0.15) is 0 Å². The number of hydrogen-bond acceptors (Lipinski definition) is 5. The van der Waals surface area contributed by atoms with Gasteiger partial charge in [-0.2, -0.15) is 0 Å². The van der Waals surface area contributed by atoms with Crippen molar-refractivity contribution in [1.29, 1.82) is 0 Å². The summed E-state index contributed by atoms with van der Waals surface area (Å²) < 4.78 is 33.8. The van der Waals surface area contributed by atoms with Gasteiger partial charge in [-0.3, -0.25) is 4.79 Å². The number of piperidine rings is 1. The maximum atomic E-state index is 14.1. The Kier molecular flexibility index (Phi) is 5.95. The van der Waals surface area contributed by atoms with Crippen molar-refractivity contribution < 1.29 is 28.2 Å². The average Bonchev–Trinajstić information content (AvgIpc) is 3.10. The molecule has 2 aromatic rings. The summed E-state index contributed by atoms with van der Waals surface area (Å²) in [6.45, 7) is 1.56. The number of anilines is 1. The molecule has 3 heterocycles. The van der Waals surface area contributed by atoms with Gasteiger partial charge in [0.25, 0.3) is 5.91 Å². The number of carbonyl (C=O) groups is 2. The lowest BCUT2D eigenvalue weighted by Gasteiger charge is -2.37.